The maximum atomic E-state index is 12.5. The third-order valence-corrected chi connectivity index (χ3v) is 1.95. The minimum Gasteiger partial charge on any atom is -0.188 e. The highest BCUT2D eigenvalue weighted by molar-refractivity contribution is 5.58. The number of halogens is 3. The number of alkyl halides is 3. The molecule has 0 aromatic carbocycles. The minimum absolute atomic E-state index is 0.0531. The zero-order chi connectivity index (χ0) is 11.9. The first-order valence-corrected chi connectivity index (χ1v) is 4.35. The van der Waals surface area contributed by atoms with Gasteiger partial charge in [-0.05, 0) is 24.6 Å². The van der Waals surface area contributed by atoms with Crippen LogP contribution in [0.4, 0.5) is 13.2 Å². The molecule has 2 aromatic rings. The van der Waals surface area contributed by atoms with Gasteiger partial charge in [-0.15, -0.1) is 10.2 Å². The van der Waals surface area contributed by atoms with Gasteiger partial charge in [0.2, 0.25) is 0 Å². The number of hydrogen-bond acceptors (Lipinski definition) is 3. The summed E-state index contributed by atoms with van der Waals surface area (Å²) in [7, 11) is 0. The quantitative estimate of drug-likeness (QED) is 0.751. The van der Waals surface area contributed by atoms with Gasteiger partial charge in [0, 0.05) is 0 Å². The molecule has 0 fully saturated rings. The molecule has 16 heavy (non-hydrogen) atoms. The molecule has 0 N–H and O–H groups in total. The van der Waals surface area contributed by atoms with Crippen molar-refractivity contribution in [2.75, 3.05) is 0 Å². The lowest BCUT2D eigenvalue weighted by atomic mass is 10.2. The van der Waals surface area contributed by atoms with E-state index in [1.54, 1.807) is 13.0 Å². The summed E-state index contributed by atoms with van der Waals surface area (Å²) < 4.78 is 38.2. The minimum atomic E-state index is -4.57. The van der Waals surface area contributed by atoms with Crippen molar-refractivity contribution in [3.05, 3.63) is 30.2 Å². The number of hydrogen-bond donors (Lipinski definition) is 0. The molecule has 0 atom stereocenters. The van der Waals surface area contributed by atoms with E-state index >= 15 is 0 Å². The topological polar surface area (TPSA) is 43.1 Å². The molecule has 0 aliphatic carbocycles. The van der Waals surface area contributed by atoms with Gasteiger partial charge in [0.15, 0.2) is 5.65 Å². The molecule has 4 nitrogen and oxygen atoms in total. The average molecular weight is 228 g/mol. The molecule has 84 valence electrons. The summed E-state index contributed by atoms with van der Waals surface area (Å²) in [6.07, 6.45) is -4.57. The molecule has 2 rings (SSSR count). The smallest absolute Gasteiger partial charge is 0.188 e. The van der Waals surface area contributed by atoms with Crippen molar-refractivity contribution in [2.24, 2.45) is 0 Å². The van der Waals surface area contributed by atoms with Crippen LogP contribution in [0.5, 0.6) is 0 Å². The summed E-state index contributed by atoms with van der Waals surface area (Å²) in [5, 5.41) is 10.2. The Morgan fingerprint density at radius 3 is 2.56 bits per heavy atom. The lowest BCUT2D eigenvalue weighted by Gasteiger charge is -2.04. The average Bonchev–Trinajstić information content (AvgIpc) is 2.58. The number of allylic oxidation sites excluding steroid dienone is 1. The van der Waals surface area contributed by atoms with E-state index in [-0.39, 0.29) is 5.65 Å². The van der Waals surface area contributed by atoms with Gasteiger partial charge >= 0.3 is 6.18 Å². The first-order valence-electron chi connectivity index (χ1n) is 4.35. The maximum absolute atomic E-state index is 12.5. The van der Waals surface area contributed by atoms with Crippen molar-refractivity contribution in [3.8, 4) is 0 Å². The lowest BCUT2D eigenvalue weighted by molar-refractivity contribution is -0.146. The van der Waals surface area contributed by atoms with Gasteiger partial charge in [-0.1, -0.05) is 6.58 Å². The first kappa shape index (κ1) is 10.6. The molecule has 0 aliphatic rings. The molecular weight excluding hydrogens is 221 g/mol. The molecule has 2 aromatic heterocycles. The maximum Gasteiger partial charge on any atom is 0.453 e. The molecule has 0 unspecified atom stereocenters. The van der Waals surface area contributed by atoms with Gasteiger partial charge in [-0.25, -0.2) is 0 Å². The standard InChI is InChI=1S/C9H7F3N4/c1-5(2)6-3-4-7-13-14-8(9(10,11)12)16(7)15-6/h3-4H,1H2,2H3. The van der Waals surface area contributed by atoms with Gasteiger partial charge in [0.1, 0.15) is 0 Å². The monoisotopic (exact) mass is 228 g/mol. The summed E-state index contributed by atoms with van der Waals surface area (Å²) in [5.74, 6) is -1.13. The van der Waals surface area contributed by atoms with E-state index in [9.17, 15) is 13.2 Å². The van der Waals surface area contributed by atoms with Gasteiger partial charge in [-0.2, -0.15) is 22.8 Å². The SMILES string of the molecule is C=C(C)c1ccc2nnc(C(F)(F)F)n2n1. The van der Waals surface area contributed by atoms with Crippen LogP contribution in [0.2, 0.25) is 0 Å². The summed E-state index contributed by atoms with van der Waals surface area (Å²) in [6.45, 7) is 5.27. The predicted molar refractivity (Wildman–Crippen MR) is 50.5 cm³/mol. The van der Waals surface area contributed by atoms with Crippen LogP contribution >= 0.6 is 0 Å². The van der Waals surface area contributed by atoms with E-state index in [0.29, 0.717) is 15.8 Å². The van der Waals surface area contributed by atoms with Crippen molar-refractivity contribution in [2.45, 2.75) is 13.1 Å². The third kappa shape index (κ3) is 1.64. The molecule has 0 bridgehead atoms. The van der Waals surface area contributed by atoms with Crippen molar-refractivity contribution in [3.63, 3.8) is 0 Å². The predicted octanol–water partition coefficient (Wildman–Crippen LogP) is 2.18. The zero-order valence-corrected chi connectivity index (χ0v) is 8.28. The van der Waals surface area contributed by atoms with Crippen LogP contribution in [0.3, 0.4) is 0 Å². The van der Waals surface area contributed by atoms with Crippen molar-refractivity contribution in [1.82, 2.24) is 19.8 Å². The van der Waals surface area contributed by atoms with Gasteiger partial charge < -0.3 is 0 Å². The van der Waals surface area contributed by atoms with Crippen LogP contribution in [0.1, 0.15) is 18.4 Å². The van der Waals surface area contributed by atoms with Crippen LogP contribution in [-0.2, 0) is 6.18 Å². The van der Waals surface area contributed by atoms with Crippen LogP contribution in [0.25, 0.3) is 11.2 Å². The fourth-order valence-electron chi connectivity index (χ4n) is 1.19. The van der Waals surface area contributed by atoms with E-state index in [1.165, 1.54) is 6.07 Å². The van der Waals surface area contributed by atoms with E-state index in [4.69, 9.17) is 0 Å². The molecule has 2 heterocycles. The number of rotatable bonds is 1. The summed E-state index contributed by atoms with van der Waals surface area (Å²) in [6, 6.07) is 2.96. The van der Waals surface area contributed by atoms with E-state index in [2.05, 4.69) is 21.9 Å². The van der Waals surface area contributed by atoms with Crippen molar-refractivity contribution in [1.29, 1.82) is 0 Å². The molecule has 0 aliphatic heterocycles. The zero-order valence-electron chi connectivity index (χ0n) is 8.28. The molecule has 0 spiro atoms. The summed E-state index contributed by atoms with van der Waals surface area (Å²) in [5.41, 5.74) is 0.999. The Morgan fingerprint density at radius 2 is 2.00 bits per heavy atom. The summed E-state index contributed by atoms with van der Waals surface area (Å²) in [4.78, 5) is 0. The molecule has 0 saturated heterocycles. The van der Waals surface area contributed by atoms with E-state index < -0.39 is 12.0 Å². The van der Waals surface area contributed by atoms with Crippen LogP contribution in [0, 0.1) is 0 Å². The molecule has 0 saturated carbocycles. The molecule has 0 radical (unpaired) electrons. The second kappa shape index (κ2) is 3.29. The Hall–Kier alpha value is -1.92. The Labute approximate surface area is 88.4 Å². The normalized spacial score (nSPS) is 12.0. The highest BCUT2D eigenvalue weighted by atomic mass is 19.4. The first-order chi connectivity index (χ1) is 7.39. The Bertz CT molecular complexity index is 555. The number of fused-ring (bicyclic) bond motifs is 1. The molecule has 0 amide bonds. The number of aromatic nitrogens is 4. The van der Waals surface area contributed by atoms with Gasteiger partial charge in [0.05, 0.1) is 5.69 Å². The third-order valence-electron chi connectivity index (χ3n) is 1.95. The second-order valence-electron chi connectivity index (χ2n) is 3.29. The van der Waals surface area contributed by atoms with E-state index in [0.717, 1.165) is 0 Å². The largest absolute Gasteiger partial charge is 0.453 e. The van der Waals surface area contributed by atoms with E-state index in [1.807, 2.05) is 0 Å². The summed E-state index contributed by atoms with van der Waals surface area (Å²) >= 11 is 0. The Morgan fingerprint density at radius 1 is 1.31 bits per heavy atom. The Kier molecular flexibility index (Phi) is 2.18. The second-order valence-corrected chi connectivity index (χ2v) is 3.29. The van der Waals surface area contributed by atoms with Crippen molar-refractivity contribution >= 4 is 11.2 Å². The van der Waals surface area contributed by atoms with Gasteiger partial charge in [0.25, 0.3) is 5.82 Å². The fraction of sp³-hybridized carbons (Fsp3) is 0.222. The van der Waals surface area contributed by atoms with Gasteiger partial charge in [-0.3, -0.25) is 0 Å². The van der Waals surface area contributed by atoms with Crippen LogP contribution < -0.4 is 0 Å². The molecular formula is C9H7F3N4. The molecule has 7 heteroatoms. The fourth-order valence-corrected chi connectivity index (χ4v) is 1.19. The Balaban J connectivity index is 2.70. The van der Waals surface area contributed by atoms with Crippen LogP contribution in [0.15, 0.2) is 18.7 Å². The highest BCUT2D eigenvalue weighted by Gasteiger charge is 2.37. The highest BCUT2D eigenvalue weighted by Crippen LogP contribution is 2.27. The van der Waals surface area contributed by atoms with Crippen molar-refractivity contribution < 1.29 is 13.2 Å². The lowest BCUT2D eigenvalue weighted by Crippen LogP contribution is -2.13. The van der Waals surface area contributed by atoms with Crippen LogP contribution in [-0.4, -0.2) is 19.8 Å². The number of nitrogens with zero attached hydrogens (tertiary/aromatic N) is 4.